The summed E-state index contributed by atoms with van der Waals surface area (Å²) in [7, 11) is 0. The van der Waals surface area contributed by atoms with Gasteiger partial charge in [-0.25, -0.2) is 15.0 Å². The van der Waals surface area contributed by atoms with Crippen molar-refractivity contribution in [1.29, 1.82) is 0 Å². The van der Waals surface area contributed by atoms with E-state index in [0.717, 1.165) is 98.2 Å². The lowest BCUT2D eigenvalue weighted by Crippen LogP contribution is -2.38. The summed E-state index contributed by atoms with van der Waals surface area (Å²) in [6, 6.07) is 10.7. The van der Waals surface area contributed by atoms with Gasteiger partial charge < -0.3 is 23.9 Å². The molecule has 8 rings (SSSR count). The van der Waals surface area contributed by atoms with Crippen molar-refractivity contribution < 1.29 is 18.9 Å². The van der Waals surface area contributed by atoms with Crippen molar-refractivity contribution >= 4 is 79.3 Å². The summed E-state index contributed by atoms with van der Waals surface area (Å²) in [5.74, 6) is 1.89. The lowest BCUT2D eigenvalue weighted by molar-refractivity contribution is 0.0322. The third-order valence-corrected chi connectivity index (χ3v) is 12.8. The Morgan fingerprint density at radius 2 is 1.26 bits per heavy atom. The molecule has 16 heteroatoms. The fraction of sp³-hybridized carbons (Fsp3) is 0.429. The van der Waals surface area contributed by atoms with Crippen LogP contribution >= 0.6 is 57.5 Å². The van der Waals surface area contributed by atoms with Gasteiger partial charge >= 0.3 is 0 Å². The summed E-state index contributed by atoms with van der Waals surface area (Å²) in [4.78, 5) is 34.6. The number of rotatable bonds is 12. The van der Waals surface area contributed by atoms with E-state index < -0.39 is 0 Å². The predicted molar refractivity (Wildman–Crippen MR) is 237 cm³/mol. The molecular weight excluding hydrogens is 839 g/mol. The first kappa shape index (κ1) is 42.7. The monoisotopic (exact) mass is 884 g/mol. The van der Waals surface area contributed by atoms with E-state index >= 15 is 0 Å². The van der Waals surface area contributed by atoms with Crippen molar-refractivity contribution in [3.63, 3.8) is 0 Å². The summed E-state index contributed by atoms with van der Waals surface area (Å²) in [6.07, 6.45) is 0. The number of morpholine rings is 2. The van der Waals surface area contributed by atoms with E-state index in [-0.39, 0.29) is 5.43 Å². The highest BCUT2D eigenvalue weighted by Crippen LogP contribution is 2.38. The Bertz CT molecular complexity index is 2390. The molecule has 0 unspecified atom stereocenters. The van der Waals surface area contributed by atoms with Crippen molar-refractivity contribution in [3.8, 4) is 32.9 Å². The van der Waals surface area contributed by atoms with E-state index in [1.54, 1.807) is 29.5 Å². The Morgan fingerprint density at radius 3 is 1.83 bits per heavy atom. The van der Waals surface area contributed by atoms with Crippen LogP contribution < -0.4 is 14.9 Å². The van der Waals surface area contributed by atoms with Crippen LogP contribution in [0.4, 0.5) is 0 Å². The van der Waals surface area contributed by atoms with Gasteiger partial charge in [0.15, 0.2) is 5.43 Å². The zero-order chi connectivity index (χ0) is 40.8. The fourth-order valence-corrected chi connectivity index (χ4v) is 9.15. The second-order valence-electron chi connectivity index (χ2n) is 14.7. The topological polar surface area (TPSA) is 115 Å². The lowest BCUT2D eigenvalue weighted by atomic mass is 10.1. The molecule has 0 radical (unpaired) electrons. The van der Waals surface area contributed by atoms with Crippen molar-refractivity contribution in [2.24, 2.45) is 0 Å². The second kappa shape index (κ2) is 19.8. The quantitative estimate of drug-likeness (QED) is 0.127. The van der Waals surface area contributed by atoms with Gasteiger partial charge in [-0.05, 0) is 42.2 Å². The van der Waals surface area contributed by atoms with E-state index in [9.17, 15) is 4.79 Å². The van der Waals surface area contributed by atoms with Crippen molar-refractivity contribution in [2.45, 2.75) is 39.5 Å². The molecule has 11 nitrogen and oxygen atoms in total. The number of aromatic nitrogens is 4. The minimum Gasteiger partial charge on any atom is -0.491 e. The molecule has 1 N–H and O–H groups in total. The van der Waals surface area contributed by atoms with E-state index in [4.69, 9.17) is 58.7 Å². The molecule has 6 aromatic rings. The zero-order valence-corrected chi connectivity index (χ0v) is 36.9. The van der Waals surface area contributed by atoms with Crippen LogP contribution in [0.15, 0.2) is 52.0 Å². The minimum absolute atomic E-state index is 0.0863. The number of ether oxygens (including phenoxy) is 4. The van der Waals surface area contributed by atoms with Gasteiger partial charge in [0, 0.05) is 66.9 Å². The van der Waals surface area contributed by atoms with Gasteiger partial charge in [-0.2, -0.15) is 0 Å². The highest BCUT2D eigenvalue weighted by Gasteiger charge is 2.18. The van der Waals surface area contributed by atoms with Gasteiger partial charge in [-0.3, -0.25) is 14.6 Å². The summed E-state index contributed by atoms with van der Waals surface area (Å²) in [5, 5.41) is 8.56. The van der Waals surface area contributed by atoms with E-state index in [1.807, 2.05) is 23.6 Å². The van der Waals surface area contributed by atoms with Crippen LogP contribution in [0.2, 0.25) is 15.1 Å². The Hall–Kier alpha value is -3.37. The Balaban J connectivity index is 0.000000177. The Kier molecular flexibility index (Phi) is 14.6. The number of H-pyrrole nitrogens is 1. The van der Waals surface area contributed by atoms with Gasteiger partial charge in [0.25, 0.3) is 0 Å². The van der Waals surface area contributed by atoms with E-state index in [2.05, 4.69) is 57.8 Å². The number of pyridine rings is 2. The molecular formula is C42H47Cl3N6O5S2. The van der Waals surface area contributed by atoms with Crippen molar-refractivity contribution in [3.05, 3.63) is 83.8 Å². The summed E-state index contributed by atoms with van der Waals surface area (Å²) in [5.41, 5.74) is 4.60. The molecule has 2 saturated heterocycles. The molecule has 2 aliphatic heterocycles. The highest BCUT2D eigenvalue weighted by molar-refractivity contribution is 7.13. The van der Waals surface area contributed by atoms with E-state index in [1.165, 1.54) is 11.3 Å². The van der Waals surface area contributed by atoms with Gasteiger partial charge in [0.05, 0.1) is 59.6 Å². The molecule has 2 aromatic carbocycles. The van der Waals surface area contributed by atoms with Crippen LogP contribution in [0.1, 0.15) is 50.9 Å². The largest absolute Gasteiger partial charge is 0.491 e. The maximum absolute atomic E-state index is 12.6. The smallest absolute Gasteiger partial charge is 0.190 e. The molecule has 0 spiro atoms. The van der Waals surface area contributed by atoms with Crippen LogP contribution in [0.5, 0.6) is 11.5 Å². The van der Waals surface area contributed by atoms with Gasteiger partial charge in [-0.15, -0.1) is 22.7 Å². The first-order chi connectivity index (χ1) is 28.0. The molecule has 0 amide bonds. The molecule has 0 aliphatic carbocycles. The maximum atomic E-state index is 12.6. The van der Waals surface area contributed by atoms with Crippen molar-refractivity contribution in [2.75, 3.05) is 78.9 Å². The second-order valence-corrected chi connectivity index (χ2v) is 17.6. The number of halogens is 3. The first-order valence-corrected chi connectivity index (χ1v) is 22.4. The van der Waals surface area contributed by atoms with Gasteiger partial charge in [-0.1, -0.05) is 62.5 Å². The number of benzene rings is 2. The maximum Gasteiger partial charge on any atom is 0.190 e. The summed E-state index contributed by atoms with van der Waals surface area (Å²) < 4.78 is 22.6. The Labute approximate surface area is 361 Å². The zero-order valence-electron chi connectivity index (χ0n) is 33.0. The van der Waals surface area contributed by atoms with Crippen molar-refractivity contribution in [1.82, 2.24) is 29.7 Å². The molecule has 0 atom stereocenters. The third-order valence-electron chi connectivity index (χ3n) is 9.95. The van der Waals surface area contributed by atoms with Gasteiger partial charge in [0.1, 0.15) is 50.5 Å². The summed E-state index contributed by atoms with van der Waals surface area (Å²) in [6.45, 7) is 17.9. The van der Waals surface area contributed by atoms with Crippen LogP contribution in [0, 0.1) is 0 Å². The molecule has 2 aliphatic rings. The number of hydrogen-bond donors (Lipinski definition) is 1. The average molecular weight is 886 g/mol. The van der Waals surface area contributed by atoms with Gasteiger partial charge in [0.2, 0.25) is 0 Å². The number of nitrogens with zero attached hydrogens (tertiary/aromatic N) is 5. The Morgan fingerprint density at radius 1 is 0.724 bits per heavy atom. The highest BCUT2D eigenvalue weighted by atomic mass is 35.5. The standard InChI is InChI=1S/C21H23Cl2N3O2S.C21H24ClN3O3S/c1-13(2)17-12-29-21(25-17)16-11-15(22)14-3-4-18(19(23)20(14)24-16)28-10-7-26-5-8-27-9-6-26;1-13(2)16-12-29-21(24-16)15-11-17(26)14-3-4-18(19(22)20(14)23-15)28-10-7-25-5-8-27-9-6-25/h3-4,11-13H,5-10H2,1-2H3;3-4,11-13H,5-10H2,1-2H3,(H,23,26). The van der Waals surface area contributed by atoms with Crippen LogP contribution in [0.3, 0.4) is 0 Å². The van der Waals surface area contributed by atoms with E-state index in [0.29, 0.717) is 73.7 Å². The van der Waals surface area contributed by atoms with Crippen LogP contribution in [-0.4, -0.2) is 109 Å². The third kappa shape index (κ3) is 10.3. The normalized spacial score (nSPS) is 15.3. The fourth-order valence-electron chi connectivity index (χ4n) is 6.47. The number of hydrogen-bond acceptors (Lipinski definition) is 12. The average Bonchev–Trinajstić information content (AvgIpc) is 3.93. The summed E-state index contributed by atoms with van der Waals surface area (Å²) >= 11 is 22.9. The SMILES string of the molecule is CC(C)c1csc(-c2cc(=O)c3ccc(OCCN4CCOCC4)c(Cl)c3[nH]2)n1.CC(C)c1csc(-c2cc(Cl)c3ccc(OCCN4CCOCC4)c(Cl)c3n2)n1. The number of thiazole rings is 2. The predicted octanol–water partition coefficient (Wildman–Crippen LogP) is 9.64. The minimum atomic E-state index is -0.0863. The molecule has 58 heavy (non-hydrogen) atoms. The molecule has 6 heterocycles. The number of fused-ring (bicyclic) bond motifs is 2. The number of nitrogens with one attached hydrogen (secondary N) is 1. The molecule has 4 aromatic heterocycles. The van der Waals surface area contributed by atoms with Crippen LogP contribution in [0.25, 0.3) is 43.2 Å². The molecule has 0 saturated carbocycles. The first-order valence-electron chi connectivity index (χ1n) is 19.5. The molecule has 308 valence electrons. The van der Waals surface area contributed by atoms with Crippen LogP contribution in [-0.2, 0) is 9.47 Å². The number of aromatic amines is 1. The molecule has 2 fully saturated rings. The molecule has 0 bridgehead atoms. The lowest BCUT2D eigenvalue weighted by Gasteiger charge is -2.26.